The lowest BCUT2D eigenvalue weighted by Crippen LogP contribution is -2.57. The van der Waals surface area contributed by atoms with E-state index in [2.05, 4.69) is 21.3 Å². The number of amides is 4. The van der Waals surface area contributed by atoms with Crippen LogP contribution >= 0.6 is 0 Å². The zero-order chi connectivity index (χ0) is 30.7. The summed E-state index contributed by atoms with van der Waals surface area (Å²) in [5.41, 5.74) is 5.48. The largest absolute Gasteiger partial charge is 0.394 e. The maximum absolute atomic E-state index is 13.2. The lowest BCUT2D eigenvalue weighted by Gasteiger charge is -2.35. The quantitative estimate of drug-likeness (QED) is 0.130. The van der Waals surface area contributed by atoms with Crippen molar-refractivity contribution in [1.82, 2.24) is 21.3 Å². The minimum Gasteiger partial charge on any atom is -0.394 e. The highest BCUT2D eigenvalue weighted by Crippen LogP contribution is 2.37. The molecule has 0 spiro atoms. The van der Waals surface area contributed by atoms with E-state index in [0.717, 1.165) is 44.8 Å². The fraction of sp³-hybridized carbons (Fsp3) is 0.828. The SMILES string of the molecule is CC(C)[C@@H](C=O)NC(=O)C1CCCC1C(O)C(CC1CCCCC1)NC(=O)[C@H](C)NC(=O)[C@H](C)NC(=O)[C@@H](N)CO. The molecule has 4 amide bonds. The van der Waals surface area contributed by atoms with Crippen molar-refractivity contribution in [3.05, 3.63) is 0 Å². The normalized spacial score (nSPS) is 23.9. The molecule has 0 aromatic heterocycles. The number of aliphatic hydroxyl groups is 2. The van der Waals surface area contributed by atoms with Crippen molar-refractivity contribution in [2.75, 3.05) is 6.61 Å². The summed E-state index contributed by atoms with van der Waals surface area (Å²) in [6.45, 7) is 6.10. The van der Waals surface area contributed by atoms with Gasteiger partial charge in [-0.2, -0.15) is 0 Å². The Balaban J connectivity index is 2.11. The number of nitrogens with one attached hydrogen (secondary N) is 4. The van der Waals surface area contributed by atoms with E-state index >= 15 is 0 Å². The molecule has 2 aliphatic carbocycles. The Morgan fingerprint density at radius 2 is 1.41 bits per heavy atom. The van der Waals surface area contributed by atoms with E-state index in [1.165, 1.54) is 13.8 Å². The Bertz CT molecular complexity index is 895. The van der Waals surface area contributed by atoms with Gasteiger partial charge in [-0.05, 0) is 50.9 Å². The van der Waals surface area contributed by atoms with Gasteiger partial charge in [-0.3, -0.25) is 19.2 Å². The molecule has 0 aromatic carbocycles. The van der Waals surface area contributed by atoms with Crippen LogP contribution in [0, 0.1) is 23.7 Å². The monoisotopic (exact) mass is 581 g/mol. The maximum atomic E-state index is 13.2. The van der Waals surface area contributed by atoms with Crippen LogP contribution in [0.3, 0.4) is 0 Å². The zero-order valence-corrected chi connectivity index (χ0v) is 24.9. The highest BCUT2D eigenvalue weighted by atomic mass is 16.3. The first-order chi connectivity index (χ1) is 19.4. The van der Waals surface area contributed by atoms with Gasteiger partial charge in [0.25, 0.3) is 0 Å². The smallest absolute Gasteiger partial charge is 0.242 e. The number of aliphatic hydroxyl groups excluding tert-OH is 2. The van der Waals surface area contributed by atoms with Crippen LogP contribution < -0.4 is 27.0 Å². The molecule has 41 heavy (non-hydrogen) atoms. The van der Waals surface area contributed by atoms with Crippen LogP contribution in [0.4, 0.5) is 0 Å². The molecule has 4 unspecified atom stereocenters. The summed E-state index contributed by atoms with van der Waals surface area (Å²) in [4.78, 5) is 62.3. The van der Waals surface area contributed by atoms with E-state index in [-0.39, 0.29) is 17.7 Å². The van der Waals surface area contributed by atoms with E-state index in [0.29, 0.717) is 25.2 Å². The van der Waals surface area contributed by atoms with E-state index in [9.17, 15) is 29.1 Å². The average Bonchev–Trinajstić information content (AvgIpc) is 3.44. The van der Waals surface area contributed by atoms with Gasteiger partial charge in [-0.15, -0.1) is 0 Å². The molecule has 12 heteroatoms. The zero-order valence-electron chi connectivity index (χ0n) is 24.9. The molecule has 8 N–H and O–H groups in total. The van der Waals surface area contributed by atoms with Crippen LogP contribution in [-0.4, -0.2) is 83.0 Å². The summed E-state index contributed by atoms with van der Waals surface area (Å²) in [5, 5.41) is 31.4. The molecule has 0 heterocycles. The van der Waals surface area contributed by atoms with Crippen LogP contribution in [0.15, 0.2) is 0 Å². The van der Waals surface area contributed by atoms with Gasteiger partial charge < -0.3 is 42.0 Å². The molecule has 12 nitrogen and oxygen atoms in total. The Morgan fingerprint density at radius 3 is 1.98 bits per heavy atom. The Labute approximate surface area is 243 Å². The van der Waals surface area contributed by atoms with Crippen molar-refractivity contribution in [3.8, 4) is 0 Å². The van der Waals surface area contributed by atoms with Gasteiger partial charge in [-0.1, -0.05) is 52.4 Å². The summed E-state index contributed by atoms with van der Waals surface area (Å²) >= 11 is 0. The van der Waals surface area contributed by atoms with Gasteiger partial charge in [0.2, 0.25) is 23.6 Å². The second kappa shape index (κ2) is 16.8. The number of rotatable bonds is 15. The third kappa shape index (κ3) is 10.3. The molecule has 8 atom stereocenters. The van der Waals surface area contributed by atoms with Gasteiger partial charge in [0.1, 0.15) is 24.4 Å². The molecule has 2 saturated carbocycles. The summed E-state index contributed by atoms with van der Waals surface area (Å²) in [5.74, 6) is -2.60. The Hall–Kier alpha value is -2.57. The summed E-state index contributed by atoms with van der Waals surface area (Å²) in [6, 6.07) is -4.33. The van der Waals surface area contributed by atoms with E-state index < -0.39 is 66.6 Å². The van der Waals surface area contributed by atoms with Gasteiger partial charge in [-0.25, -0.2) is 0 Å². The molecule has 0 aliphatic heterocycles. The van der Waals surface area contributed by atoms with E-state index in [4.69, 9.17) is 10.8 Å². The lowest BCUT2D eigenvalue weighted by atomic mass is 9.79. The van der Waals surface area contributed by atoms with Crippen molar-refractivity contribution in [2.45, 2.75) is 122 Å². The molecule has 2 rings (SSSR count). The molecule has 2 aliphatic rings. The van der Waals surface area contributed by atoms with E-state index in [1.54, 1.807) is 0 Å². The molecular formula is C29H51N5O7. The van der Waals surface area contributed by atoms with Gasteiger partial charge in [0.15, 0.2) is 0 Å². The molecular weight excluding hydrogens is 530 g/mol. The minimum atomic E-state index is -1.16. The molecule has 0 radical (unpaired) electrons. The predicted molar refractivity (Wildman–Crippen MR) is 153 cm³/mol. The first kappa shape index (κ1) is 34.6. The van der Waals surface area contributed by atoms with Crippen LogP contribution in [-0.2, 0) is 24.0 Å². The Kier molecular flexibility index (Phi) is 14.2. The van der Waals surface area contributed by atoms with Crippen LogP contribution in [0.5, 0.6) is 0 Å². The maximum Gasteiger partial charge on any atom is 0.242 e. The first-order valence-electron chi connectivity index (χ1n) is 15.1. The number of nitrogens with two attached hydrogens (primary N) is 1. The van der Waals surface area contributed by atoms with E-state index in [1.807, 2.05) is 13.8 Å². The predicted octanol–water partition coefficient (Wildman–Crippen LogP) is -0.112. The van der Waals surface area contributed by atoms with Crippen molar-refractivity contribution < 1.29 is 34.2 Å². The second-order valence-electron chi connectivity index (χ2n) is 12.2. The number of carbonyl (C=O) groups excluding carboxylic acids is 5. The molecule has 0 aromatic rings. The lowest BCUT2D eigenvalue weighted by molar-refractivity contribution is -0.133. The molecule has 0 bridgehead atoms. The summed E-state index contributed by atoms with van der Waals surface area (Å²) < 4.78 is 0. The van der Waals surface area contributed by atoms with Crippen molar-refractivity contribution in [1.29, 1.82) is 0 Å². The average molecular weight is 582 g/mol. The van der Waals surface area contributed by atoms with Crippen LogP contribution in [0.25, 0.3) is 0 Å². The number of hydrogen-bond donors (Lipinski definition) is 7. The molecule has 2 fully saturated rings. The second-order valence-corrected chi connectivity index (χ2v) is 12.2. The van der Waals surface area contributed by atoms with Crippen molar-refractivity contribution in [2.24, 2.45) is 29.4 Å². The summed E-state index contributed by atoms with van der Waals surface area (Å²) in [7, 11) is 0. The van der Waals surface area contributed by atoms with Crippen molar-refractivity contribution >= 4 is 29.9 Å². The minimum absolute atomic E-state index is 0.0567. The van der Waals surface area contributed by atoms with Gasteiger partial charge >= 0.3 is 0 Å². The standard InChI is InChI=1S/C29H51N5O7/c1-16(2)24(15-36)34-28(40)21-12-8-11-20(21)25(37)23(13-19-9-6-5-7-10-19)33-27(39)18(4)31-26(38)17(3)32-29(41)22(30)14-35/h15-25,35,37H,5-14,30H2,1-4H3,(H,31,38)(H,32,41)(H,33,39)(H,34,40)/t17-,18-,20?,21?,22-,23?,24+,25?/m0/s1. The number of hydrogen-bond acceptors (Lipinski definition) is 8. The fourth-order valence-electron chi connectivity index (χ4n) is 5.90. The first-order valence-corrected chi connectivity index (χ1v) is 15.1. The third-order valence-corrected chi connectivity index (χ3v) is 8.61. The van der Waals surface area contributed by atoms with Crippen LogP contribution in [0.2, 0.25) is 0 Å². The topological polar surface area (TPSA) is 200 Å². The summed E-state index contributed by atoms with van der Waals surface area (Å²) in [6.07, 6.45) is 7.65. The number of aldehydes is 1. The van der Waals surface area contributed by atoms with Crippen molar-refractivity contribution in [3.63, 3.8) is 0 Å². The van der Waals surface area contributed by atoms with Gasteiger partial charge in [0, 0.05) is 5.92 Å². The molecule has 234 valence electrons. The van der Waals surface area contributed by atoms with Crippen LogP contribution in [0.1, 0.15) is 85.5 Å². The highest BCUT2D eigenvalue weighted by Gasteiger charge is 2.42. The Morgan fingerprint density at radius 1 is 0.829 bits per heavy atom. The fourth-order valence-corrected chi connectivity index (χ4v) is 5.90. The number of carbonyl (C=O) groups is 5. The molecule has 0 saturated heterocycles. The third-order valence-electron chi connectivity index (χ3n) is 8.61. The highest BCUT2D eigenvalue weighted by molar-refractivity contribution is 5.92. The van der Waals surface area contributed by atoms with Gasteiger partial charge in [0.05, 0.1) is 24.8 Å².